The van der Waals surface area contributed by atoms with Crippen LogP contribution >= 0.6 is 27.3 Å². The lowest BCUT2D eigenvalue weighted by molar-refractivity contribution is -0.143. The number of nitrogens with zero attached hydrogens (tertiary/aromatic N) is 3. The van der Waals surface area contributed by atoms with Gasteiger partial charge in [0.15, 0.2) is 4.80 Å². The van der Waals surface area contributed by atoms with Crippen molar-refractivity contribution in [3.05, 3.63) is 88.5 Å². The molecule has 1 atom stereocenters. The van der Waals surface area contributed by atoms with Gasteiger partial charge in [-0.2, -0.15) is 0 Å². The molecule has 0 unspecified atom stereocenters. The molecule has 2 aliphatic rings. The van der Waals surface area contributed by atoms with E-state index in [1.54, 1.807) is 32.4 Å². The predicted octanol–water partition coefficient (Wildman–Crippen LogP) is 4.87. The largest absolute Gasteiger partial charge is 0.496 e. The second-order valence-corrected chi connectivity index (χ2v) is 12.1. The van der Waals surface area contributed by atoms with Crippen molar-refractivity contribution >= 4 is 45.0 Å². The molecule has 1 saturated heterocycles. The minimum absolute atomic E-state index is 0.212. The van der Waals surface area contributed by atoms with Gasteiger partial charge in [0.2, 0.25) is 0 Å². The van der Waals surface area contributed by atoms with Gasteiger partial charge in [-0.05, 0) is 88.1 Å². The highest BCUT2D eigenvalue weighted by Crippen LogP contribution is 2.37. The molecular weight excluding hydrogens is 578 g/mol. The van der Waals surface area contributed by atoms with Crippen LogP contribution < -0.4 is 24.5 Å². The van der Waals surface area contributed by atoms with E-state index in [0.29, 0.717) is 31.9 Å². The van der Waals surface area contributed by atoms with Crippen LogP contribution in [0.1, 0.15) is 56.3 Å². The van der Waals surface area contributed by atoms with Crippen molar-refractivity contribution in [1.29, 1.82) is 0 Å². The molecule has 7 nitrogen and oxygen atoms in total. The Morgan fingerprint density at radius 1 is 1.15 bits per heavy atom. The van der Waals surface area contributed by atoms with Gasteiger partial charge in [0.25, 0.3) is 5.56 Å². The molecule has 3 heterocycles. The molecule has 0 radical (unpaired) electrons. The van der Waals surface area contributed by atoms with Crippen molar-refractivity contribution in [2.75, 3.05) is 25.1 Å². The second kappa shape index (κ2) is 11.1. The van der Waals surface area contributed by atoms with Crippen LogP contribution in [0.25, 0.3) is 6.08 Å². The summed E-state index contributed by atoms with van der Waals surface area (Å²) in [6, 6.07) is 11.2. The van der Waals surface area contributed by atoms with E-state index in [2.05, 4.69) is 46.0 Å². The molecule has 9 heteroatoms. The van der Waals surface area contributed by atoms with Crippen molar-refractivity contribution in [1.82, 2.24) is 4.57 Å². The maximum atomic E-state index is 14.0. The van der Waals surface area contributed by atoms with E-state index >= 15 is 0 Å². The van der Waals surface area contributed by atoms with Crippen LogP contribution in [0.3, 0.4) is 0 Å². The lowest BCUT2D eigenvalue weighted by atomic mass is 9.95. The number of anilines is 1. The zero-order valence-corrected chi connectivity index (χ0v) is 25.2. The number of thiazole rings is 1. The van der Waals surface area contributed by atoms with Gasteiger partial charge in [-0.1, -0.05) is 33.3 Å². The van der Waals surface area contributed by atoms with Crippen LogP contribution in [-0.2, 0) is 9.53 Å². The first-order valence-corrected chi connectivity index (χ1v) is 14.7. The van der Waals surface area contributed by atoms with Crippen LogP contribution in [-0.4, -0.2) is 36.8 Å². The van der Waals surface area contributed by atoms with Gasteiger partial charge in [-0.15, -0.1) is 0 Å². The molecule has 2 aliphatic heterocycles. The number of aryl methyl sites for hydroxylation is 1. The number of ether oxygens (including phenoxy) is 2. The number of methoxy groups -OCH3 is 1. The quantitative estimate of drug-likeness (QED) is 0.373. The molecule has 1 fully saturated rings. The lowest BCUT2D eigenvalue weighted by Gasteiger charge is -2.26. The Kier molecular flexibility index (Phi) is 7.82. The Bertz CT molecular complexity index is 1650. The third-order valence-electron chi connectivity index (χ3n) is 7.08. The molecule has 204 valence electrons. The molecule has 0 saturated carbocycles. The average Bonchev–Trinajstić information content (AvgIpc) is 3.52. The summed E-state index contributed by atoms with van der Waals surface area (Å²) in [4.78, 5) is 35.0. The summed E-state index contributed by atoms with van der Waals surface area (Å²) in [5.74, 6) is 0.0663. The van der Waals surface area contributed by atoms with Crippen LogP contribution in [0.4, 0.5) is 5.69 Å². The SMILES string of the molecule is COc1ccc(Br)cc1[C@H]1C(C(=O)OC(C)C)=C(C)N=c2s/c(=C\c3ccc(N4CCCC4)cc3C)c(=O)n21. The van der Waals surface area contributed by atoms with E-state index in [1.165, 1.54) is 29.9 Å². The summed E-state index contributed by atoms with van der Waals surface area (Å²) in [7, 11) is 1.58. The number of hydrogen-bond donors (Lipinski definition) is 0. The fourth-order valence-corrected chi connectivity index (χ4v) is 6.62. The summed E-state index contributed by atoms with van der Waals surface area (Å²) in [5.41, 5.74) is 4.61. The number of carbonyl (C=O) groups excluding carboxylic acids is 1. The van der Waals surface area contributed by atoms with Crippen LogP contribution in [0.15, 0.2) is 61.9 Å². The Morgan fingerprint density at radius 2 is 1.90 bits per heavy atom. The molecule has 0 spiro atoms. The molecular formula is C30H32BrN3O4S. The maximum absolute atomic E-state index is 14.0. The van der Waals surface area contributed by atoms with Gasteiger partial charge in [0.05, 0.1) is 29.0 Å². The van der Waals surface area contributed by atoms with Crippen LogP contribution in [0.2, 0.25) is 0 Å². The minimum atomic E-state index is -0.749. The number of carbonyl (C=O) groups is 1. The third-order valence-corrected chi connectivity index (χ3v) is 8.56. The van der Waals surface area contributed by atoms with Crippen molar-refractivity contribution in [2.24, 2.45) is 4.99 Å². The van der Waals surface area contributed by atoms with Crippen molar-refractivity contribution < 1.29 is 14.3 Å². The van der Waals surface area contributed by atoms with Crippen molar-refractivity contribution in [3.63, 3.8) is 0 Å². The highest BCUT2D eigenvalue weighted by atomic mass is 79.9. The summed E-state index contributed by atoms with van der Waals surface area (Å²) in [6.07, 6.45) is 4.04. The molecule has 3 aromatic rings. The highest BCUT2D eigenvalue weighted by molar-refractivity contribution is 9.10. The summed E-state index contributed by atoms with van der Waals surface area (Å²) in [5, 5.41) is 0. The van der Waals surface area contributed by atoms with Gasteiger partial charge in [0, 0.05) is 28.8 Å². The van der Waals surface area contributed by atoms with Crippen molar-refractivity contribution in [3.8, 4) is 5.75 Å². The van der Waals surface area contributed by atoms with Gasteiger partial charge in [-0.25, -0.2) is 9.79 Å². The lowest BCUT2D eigenvalue weighted by Crippen LogP contribution is -2.40. The molecule has 0 N–H and O–H groups in total. The molecule has 0 bridgehead atoms. The van der Waals surface area contributed by atoms with E-state index < -0.39 is 12.0 Å². The molecule has 39 heavy (non-hydrogen) atoms. The highest BCUT2D eigenvalue weighted by Gasteiger charge is 2.35. The zero-order chi connectivity index (χ0) is 27.8. The number of benzene rings is 2. The summed E-state index contributed by atoms with van der Waals surface area (Å²) >= 11 is 4.87. The first kappa shape index (κ1) is 27.4. The van der Waals surface area contributed by atoms with Crippen LogP contribution in [0, 0.1) is 6.92 Å². The van der Waals surface area contributed by atoms with Crippen molar-refractivity contribution in [2.45, 2.75) is 52.7 Å². The summed E-state index contributed by atoms with van der Waals surface area (Å²) < 4.78 is 14.2. The molecule has 1 aromatic heterocycles. The molecule has 5 rings (SSSR count). The van der Waals surface area contributed by atoms with Gasteiger partial charge < -0.3 is 14.4 Å². The monoisotopic (exact) mass is 609 g/mol. The fraction of sp³-hybridized carbons (Fsp3) is 0.367. The average molecular weight is 611 g/mol. The standard InChI is InChI=1S/C30H32BrN3O4S/c1-17(2)38-29(36)26-19(4)32-30-34(27(26)23-16-21(31)9-11-24(23)37-5)28(35)25(39-30)15-20-8-10-22(14-18(20)3)33-12-6-7-13-33/h8-11,14-17,27H,6-7,12-13H2,1-5H3/b25-15-/t27-/m0/s1. The molecule has 0 amide bonds. The zero-order valence-electron chi connectivity index (χ0n) is 22.8. The fourth-order valence-electron chi connectivity index (χ4n) is 5.21. The number of esters is 1. The number of fused-ring (bicyclic) bond motifs is 1. The topological polar surface area (TPSA) is 73.1 Å². The number of allylic oxidation sites excluding steroid dienone is 1. The smallest absolute Gasteiger partial charge is 0.338 e. The van der Waals surface area contributed by atoms with E-state index in [9.17, 15) is 9.59 Å². The van der Waals surface area contributed by atoms with Gasteiger partial charge >= 0.3 is 5.97 Å². The first-order valence-electron chi connectivity index (χ1n) is 13.1. The van der Waals surface area contributed by atoms with Gasteiger partial charge in [0.1, 0.15) is 11.8 Å². The number of rotatable bonds is 6. The number of aromatic nitrogens is 1. The Morgan fingerprint density at radius 3 is 2.56 bits per heavy atom. The molecule has 0 aliphatic carbocycles. The van der Waals surface area contributed by atoms with E-state index in [0.717, 1.165) is 28.7 Å². The van der Waals surface area contributed by atoms with E-state index in [1.807, 2.05) is 24.3 Å². The molecule has 2 aromatic carbocycles. The predicted molar refractivity (Wildman–Crippen MR) is 158 cm³/mol. The maximum Gasteiger partial charge on any atom is 0.338 e. The van der Waals surface area contributed by atoms with Crippen LogP contribution in [0.5, 0.6) is 5.75 Å². The number of halogens is 1. The first-order chi connectivity index (χ1) is 18.7. The Balaban J connectivity index is 1.68. The minimum Gasteiger partial charge on any atom is -0.496 e. The Hall–Kier alpha value is -3.17. The van der Waals surface area contributed by atoms with Gasteiger partial charge in [-0.3, -0.25) is 9.36 Å². The Labute approximate surface area is 240 Å². The summed E-state index contributed by atoms with van der Waals surface area (Å²) in [6.45, 7) is 9.62. The third kappa shape index (κ3) is 5.34. The van der Waals surface area contributed by atoms with E-state index in [-0.39, 0.29) is 11.7 Å². The normalized spacial score (nSPS) is 17.5. The van der Waals surface area contributed by atoms with E-state index in [4.69, 9.17) is 14.5 Å². The second-order valence-electron chi connectivity index (χ2n) is 10.2. The number of hydrogen-bond acceptors (Lipinski definition) is 7.